The van der Waals surface area contributed by atoms with E-state index in [1.54, 1.807) is 4.90 Å². The molecule has 8 nitrogen and oxygen atoms in total. The number of likely N-dealkylation sites (tertiary alicyclic amines) is 3. The molecule has 0 aromatic heterocycles. The number of likely N-dealkylation sites (N-methyl/N-ethyl adjacent to an activating group) is 1. The van der Waals surface area contributed by atoms with E-state index in [-0.39, 0.29) is 11.5 Å². The van der Waals surface area contributed by atoms with Gasteiger partial charge in [-0.05, 0) is 76.4 Å². The topological polar surface area (TPSA) is 85.4 Å². The van der Waals surface area contributed by atoms with E-state index in [9.17, 15) is 14.7 Å². The zero-order valence-electron chi connectivity index (χ0n) is 17.6. The van der Waals surface area contributed by atoms with Crippen LogP contribution in [-0.4, -0.2) is 97.0 Å². The molecule has 4 fully saturated rings. The van der Waals surface area contributed by atoms with Gasteiger partial charge in [0.15, 0.2) is 0 Å². The number of hydrogen-bond acceptors (Lipinski definition) is 5. The van der Waals surface area contributed by atoms with E-state index in [0.29, 0.717) is 37.7 Å². The molecule has 164 valence electrons. The first kappa shape index (κ1) is 20.7. The van der Waals surface area contributed by atoms with Crippen LogP contribution in [0.3, 0.4) is 0 Å². The Morgan fingerprint density at radius 1 is 1.14 bits per heavy atom. The van der Waals surface area contributed by atoms with Gasteiger partial charge in [0.05, 0.1) is 0 Å². The lowest BCUT2D eigenvalue weighted by Gasteiger charge is -2.52. The number of carbonyl (C=O) groups is 2. The Hall–Kier alpha value is -1.54. The lowest BCUT2D eigenvalue weighted by atomic mass is 9.64. The first-order valence-electron chi connectivity index (χ1n) is 11.3. The molecule has 3 aliphatic heterocycles. The Labute approximate surface area is 173 Å². The summed E-state index contributed by atoms with van der Waals surface area (Å²) in [5, 5.41) is 12.2. The Kier molecular flexibility index (Phi) is 6.20. The predicted octanol–water partition coefficient (Wildman–Crippen LogP) is 2.05. The molecule has 1 spiro atoms. The van der Waals surface area contributed by atoms with Gasteiger partial charge in [-0.15, -0.1) is 0 Å². The van der Waals surface area contributed by atoms with Crippen LogP contribution in [0.1, 0.15) is 44.9 Å². The first-order valence-corrected chi connectivity index (χ1v) is 11.3. The molecule has 3 saturated heterocycles. The van der Waals surface area contributed by atoms with Crippen molar-refractivity contribution < 1.29 is 19.4 Å². The van der Waals surface area contributed by atoms with Gasteiger partial charge in [-0.1, -0.05) is 0 Å². The number of amides is 2. The standard InChI is InChI=1S/C21H36N4O4/c1-22-7-12-29-20(28)25-8-2-3-18(25)16-4-9-23(10-5-16)17-13-21(14-17)6-11-24(15-21)19(26)27/h16-18,22H,2-15H2,1H3,(H,26,27)/t17?,18-,21?/m0/s1. The van der Waals surface area contributed by atoms with Gasteiger partial charge in [0.1, 0.15) is 6.61 Å². The number of nitrogens with zero attached hydrogens (tertiary/aromatic N) is 3. The average molecular weight is 409 g/mol. The Morgan fingerprint density at radius 3 is 2.55 bits per heavy atom. The maximum Gasteiger partial charge on any atom is 0.410 e. The number of carboxylic acid groups (broad SMARTS) is 1. The van der Waals surface area contributed by atoms with Crippen molar-refractivity contribution in [2.75, 3.05) is 52.9 Å². The monoisotopic (exact) mass is 408 g/mol. The van der Waals surface area contributed by atoms with Crippen molar-refractivity contribution in [2.45, 2.75) is 57.0 Å². The maximum atomic E-state index is 12.4. The Morgan fingerprint density at radius 2 is 1.90 bits per heavy atom. The van der Waals surface area contributed by atoms with E-state index in [2.05, 4.69) is 10.2 Å². The van der Waals surface area contributed by atoms with Crippen molar-refractivity contribution in [3.05, 3.63) is 0 Å². The van der Waals surface area contributed by atoms with Gasteiger partial charge in [0.25, 0.3) is 0 Å². The molecular formula is C21H36N4O4. The molecule has 1 saturated carbocycles. The summed E-state index contributed by atoms with van der Waals surface area (Å²) in [6.07, 6.45) is 6.89. The quantitative estimate of drug-likeness (QED) is 0.678. The second-order valence-corrected chi connectivity index (χ2v) is 9.51. The van der Waals surface area contributed by atoms with Crippen molar-refractivity contribution in [1.29, 1.82) is 0 Å². The summed E-state index contributed by atoms with van der Waals surface area (Å²) in [7, 11) is 1.86. The van der Waals surface area contributed by atoms with Crippen LogP contribution < -0.4 is 5.32 Å². The third-order valence-corrected chi connectivity index (χ3v) is 7.79. The highest BCUT2D eigenvalue weighted by Crippen LogP contribution is 2.50. The third kappa shape index (κ3) is 4.33. The summed E-state index contributed by atoms with van der Waals surface area (Å²) in [5.74, 6) is 0.577. The fourth-order valence-electron chi connectivity index (χ4n) is 6.13. The summed E-state index contributed by atoms with van der Waals surface area (Å²) >= 11 is 0. The summed E-state index contributed by atoms with van der Waals surface area (Å²) in [6, 6.07) is 0.960. The van der Waals surface area contributed by atoms with E-state index in [4.69, 9.17) is 4.74 Å². The second kappa shape index (κ2) is 8.68. The molecule has 0 bridgehead atoms. The molecule has 0 radical (unpaired) electrons. The molecule has 2 amide bonds. The van der Waals surface area contributed by atoms with Crippen LogP contribution in [0.4, 0.5) is 9.59 Å². The SMILES string of the molecule is CNCCOC(=O)N1CCC[C@H]1C1CCN(C2CC3(CCN(C(=O)O)C3)C2)CC1. The smallest absolute Gasteiger partial charge is 0.410 e. The van der Waals surface area contributed by atoms with Crippen LogP contribution in [0.5, 0.6) is 0 Å². The highest BCUT2D eigenvalue weighted by molar-refractivity contribution is 5.68. The summed E-state index contributed by atoms with van der Waals surface area (Å²) in [4.78, 5) is 29.8. The molecule has 2 N–H and O–H groups in total. The van der Waals surface area contributed by atoms with Gasteiger partial charge in [-0.2, -0.15) is 0 Å². The molecule has 29 heavy (non-hydrogen) atoms. The molecule has 1 aliphatic carbocycles. The Bertz CT molecular complexity index is 601. The highest BCUT2D eigenvalue weighted by Gasteiger charge is 2.51. The number of nitrogens with one attached hydrogen (secondary N) is 1. The van der Waals surface area contributed by atoms with Crippen LogP contribution in [0.15, 0.2) is 0 Å². The van der Waals surface area contributed by atoms with Crippen LogP contribution in [0.2, 0.25) is 0 Å². The van der Waals surface area contributed by atoms with Crippen LogP contribution >= 0.6 is 0 Å². The molecular weight excluding hydrogens is 372 g/mol. The second-order valence-electron chi connectivity index (χ2n) is 9.51. The molecule has 3 heterocycles. The summed E-state index contributed by atoms with van der Waals surface area (Å²) in [6.45, 7) is 5.58. The van der Waals surface area contributed by atoms with Crippen molar-refractivity contribution in [3.8, 4) is 0 Å². The first-order chi connectivity index (χ1) is 14.0. The largest absolute Gasteiger partial charge is 0.465 e. The lowest BCUT2D eigenvalue weighted by molar-refractivity contribution is -0.0152. The number of piperidine rings is 1. The van der Waals surface area contributed by atoms with Gasteiger partial charge in [-0.3, -0.25) is 0 Å². The van der Waals surface area contributed by atoms with Crippen molar-refractivity contribution >= 4 is 12.2 Å². The molecule has 0 unspecified atom stereocenters. The van der Waals surface area contributed by atoms with E-state index < -0.39 is 6.09 Å². The Balaban J connectivity index is 1.22. The van der Waals surface area contributed by atoms with Crippen molar-refractivity contribution in [3.63, 3.8) is 0 Å². The maximum absolute atomic E-state index is 12.4. The predicted molar refractivity (Wildman–Crippen MR) is 109 cm³/mol. The molecule has 0 aromatic rings. The van der Waals surface area contributed by atoms with Gasteiger partial charge in [-0.25, -0.2) is 9.59 Å². The number of carbonyl (C=O) groups excluding carboxylic acids is 1. The molecule has 8 heteroatoms. The minimum Gasteiger partial charge on any atom is -0.465 e. The normalized spacial score (nSPS) is 33.3. The van der Waals surface area contributed by atoms with E-state index in [1.807, 2.05) is 11.9 Å². The number of ether oxygens (including phenoxy) is 1. The third-order valence-electron chi connectivity index (χ3n) is 7.79. The molecule has 1 atom stereocenters. The van der Waals surface area contributed by atoms with Crippen molar-refractivity contribution in [1.82, 2.24) is 20.0 Å². The zero-order valence-corrected chi connectivity index (χ0v) is 17.6. The average Bonchev–Trinajstić information content (AvgIpc) is 3.35. The van der Waals surface area contributed by atoms with Crippen molar-refractivity contribution in [2.24, 2.45) is 11.3 Å². The molecule has 0 aromatic carbocycles. The minimum absolute atomic E-state index is 0.143. The fourth-order valence-corrected chi connectivity index (χ4v) is 6.13. The van der Waals surface area contributed by atoms with Gasteiger partial charge < -0.3 is 29.9 Å². The van der Waals surface area contributed by atoms with Crippen LogP contribution in [0.25, 0.3) is 0 Å². The van der Waals surface area contributed by atoms with E-state index in [1.165, 1.54) is 0 Å². The molecule has 4 aliphatic rings. The number of hydrogen-bond donors (Lipinski definition) is 2. The lowest BCUT2D eigenvalue weighted by Crippen LogP contribution is -2.55. The number of rotatable bonds is 5. The van der Waals surface area contributed by atoms with Gasteiger partial charge in [0, 0.05) is 38.3 Å². The summed E-state index contributed by atoms with van der Waals surface area (Å²) in [5.41, 5.74) is 0.249. The minimum atomic E-state index is -0.767. The zero-order chi connectivity index (χ0) is 20.4. The van der Waals surface area contributed by atoms with Crippen LogP contribution in [0, 0.1) is 11.3 Å². The highest BCUT2D eigenvalue weighted by atomic mass is 16.6. The van der Waals surface area contributed by atoms with Gasteiger partial charge in [0.2, 0.25) is 0 Å². The molecule has 4 rings (SSSR count). The van der Waals surface area contributed by atoms with Crippen LogP contribution in [-0.2, 0) is 4.74 Å². The summed E-state index contributed by atoms with van der Waals surface area (Å²) < 4.78 is 5.42. The van der Waals surface area contributed by atoms with Gasteiger partial charge >= 0.3 is 12.2 Å². The van der Waals surface area contributed by atoms with E-state index in [0.717, 1.165) is 71.1 Å². The van der Waals surface area contributed by atoms with E-state index >= 15 is 0 Å². The fraction of sp³-hybridized carbons (Fsp3) is 0.905.